The van der Waals surface area contributed by atoms with Crippen molar-refractivity contribution in [1.82, 2.24) is 0 Å². The Morgan fingerprint density at radius 1 is 1.00 bits per heavy atom. The van der Waals surface area contributed by atoms with Crippen LogP contribution in [0.5, 0.6) is 11.5 Å². The van der Waals surface area contributed by atoms with Crippen LogP contribution >= 0.6 is 11.6 Å². The van der Waals surface area contributed by atoms with E-state index < -0.39 is 0 Å². The van der Waals surface area contributed by atoms with Crippen molar-refractivity contribution in [2.45, 2.75) is 0 Å². The maximum absolute atomic E-state index is 6.32. The van der Waals surface area contributed by atoms with Gasteiger partial charge in [0.15, 0.2) is 0 Å². The lowest BCUT2D eigenvalue weighted by atomic mass is 10.1. The van der Waals surface area contributed by atoms with E-state index in [1.807, 2.05) is 54.6 Å². The zero-order valence-corrected chi connectivity index (χ0v) is 11.6. The molecule has 2 aromatic rings. The predicted molar refractivity (Wildman–Crippen MR) is 79.7 cm³/mol. The van der Waals surface area contributed by atoms with Gasteiger partial charge in [-0.1, -0.05) is 41.9 Å². The van der Waals surface area contributed by atoms with Gasteiger partial charge in [-0.15, -0.1) is 0 Å². The van der Waals surface area contributed by atoms with Crippen molar-refractivity contribution < 1.29 is 9.47 Å². The Morgan fingerprint density at radius 3 is 2.37 bits per heavy atom. The van der Waals surface area contributed by atoms with Crippen molar-refractivity contribution in [3.8, 4) is 11.5 Å². The summed E-state index contributed by atoms with van der Waals surface area (Å²) < 4.78 is 10.5. The number of methoxy groups -OCH3 is 2. The Morgan fingerprint density at radius 2 is 1.74 bits per heavy atom. The smallest absolute Gasteiger partial charge is 0.129 e. The van der Waals surface area contributed by atoms with Crippen LogP contribution in [-0.2, 0) is 0 Å². The van der Waals surface area contributed by atoms with E-state index in [-0.39, 0.29) is 0 Å². The molecule has 0 unspecified atom stereocenters. The number of hydrogen-bond acceptors (Lipinski definition) is 2. The van der Waals surface area contributed by atoms with E-state index in [0.717, 1.165) is 22.6 Å². The van der Waals surface area contributed by atoms with Crippen LogP contribution < -0.4 is 9.47 Å². The molecule has 0 aromatic heterocycles. The average molecular weight is 275 g/mol. The average Bonchev–Trinajstić information content (AvgIpc) is 2.48. The van der Waals surface area contributed by atoms with Crippen LogP contribution in [0.2, 0.25) is 0 Å². The largest absolute Gasteiger partial charge is 0.497 e. The molecule has 0 saturated heterocycles. The van der Waals surface area contributed by atoms with E-state index in [4.69, 9.17) is 21.1 Å². The molecule has 0 heterocycles. The van der Waals surface area contributed by atoms with E-state index in [2.05, 4.69) is 0 Å². The molecule has 0 aliphatic rings. The molecule has 0 N–H and O–H groups in total. The van der Waals surface area contributed by atoms with E-state index in [9.17, 15) is 0 Å². The molecule has 0 aliphatic carbocycles. The molecule has 19 heavy (non-hydrogen) atoms. The first-order valence-electron chi connectivity index (χ1n) is 5.89. The van der Waals surface area contributed by atoms with Crippen LogP contribution in [-0.4, -0.2) is 14.2 Å². The topological polar surface area (TPSA) is 18.5 Å². The summed E-state index contributed by atoms with van der Waals surface area (Å²) in [6.45, 7) is 0. The molecule has 2 rings (SSSR count). The Bertz CT molecular complexity index is 577. The van der Waals surface area contributed by atoms with Gasteiger partial charge < -0.3 is 9.47 Å². The van der Waals surface area contributed by atoms with Crippen LogP contribution in [0.1, 0.15) is 11.1 Å². The summed E-state index contributed by atoms with van der Waals surface area (Å²) >= 11 is 6.32. The van der Waals surface area contributed by atoms with Crippen LogP contribution in [0.3, 0.4) is 0 Å². The lowest BCUT2D eigenvalue weighted by Gasteiger charge is -2.08. The second kappa shape index (κ2) is 6.30. The zero-order chi connectivity index (χ0) is 13.7. The van der Waals surface area contributed by atoms with Crippen molar-refractivity contribution in [2.24, 2.45) is 0 Å². The van der Waals surface area contributed by atoms with E-state index in [0.29, 0.717) is 5.03 Å². The van der Waals surface area contributed by atoms with Gasteiger partial charge in [0.25, 0.3) is 0 Å². The van der Waals surface area contributed by atoms with Crippen molar-refractivity contribution in [2.75, 3.05) is 14.2 Å². The third kappa shape index (κ3) is 3.30. The molecule has 0 spiro atoms. The zero-order valence-electron chi connectivity index (χ0n) is 10.9. The molecular weight excluding hydrogens is 260 g/mol. The molecule has 98 valence electrons. The molecule has 0 fully saturated rings. The third-order valence-electron chi connectivity index (χ3n) is 2.77. The van der Waals surface area contributed by atoms with Crippen LogP contribution in [0.4, 0.5) is 0 Å². The minimum absolute atomic E-state index is 0.670. The standard InChI is InChI=1S/C16H15ClO2/c1-18-14-9-8-13(16(11-14)19-2)10-15(17)12-6-4-3-5-7-12/h3-11H,1-2H3. The van der Waals surface area contributed by atoms with Crippen LogP contribution in [0, 0.1) is 0 Å². The van der Waals surface area contributed by atoms with Gasteiger partial charge >= 0.3 is 0 Å². The van der Waals surface area contributed by atoms with Gasteiger partial charge in [0.2, 0.25) is 0 Å². The molecule has 0 amide bonds. The highest BCUT2D eigenvalue weighted by molar-refractivity contribution is 6.51. The first-order valence-corrected chi connectivity index (χ1v) is 6.27. The maximum atomic E-state index is 6.32. The van der Waals surface area contributed by atoms with Crippen molar-refractivity contribution in [1.29, 1.82) is 0 Å². The lowest BCUT2D eigenvalue weighted by Crippen LogP contribution is -1.90. The first-order chi connectivity index (χ1) is 9.24. The Hall–Kier alpha value is -1.93. The van der Waals surface area contributed by atoms with Crippen molar-refractivity contribution >= 4 is 22.7 Å². The van der Waals surface area contributed by atoms with E-state index >= 15 is 0 Å². The van der Waals surface area contributed by atoms with E-state index in [1.54, 1.807) is 14.2 Å². The summed E-state index contributed by atoms with van der Waals surface area (Å²) in [4.78, 5) is 0. The predicted octanol–water partition coefficient (Wildman–Crippen LogP) is 4.44. The summed E-state index contributed by atoms with van der Waals surface area (Å²) in [5.74, 6) is 1.48. The fourth-order valence-electron chi connectivity index (χ4n) is 1.75. The Labute approximate surface area is 118 Å². The third-order valence-corrected chi connectivity index (χ3v) is 3.10. The summed E-state index contributed by atoms with van der Waals surface area (Å²) in [5, 5.41) is 0.670. The quantitative estimate of drug-likeness (QED) is 0.768. The van der Waals surface area contributed by atoms with E-state index in [1.165, 1.54) is 0 Å². The minimum atomic E-state index is 0.670. The summed E-state index contributed by atoms with van der Waals surface area (Å²) in [6, 6.07) is 15.4. The lowest BCUT2D eigenvalue weighted by molar-refractivity contribution is 0.394. The molecule has 0 radical (unpaired) electrons. The second-order valence-electron chi connectivity index (χ2n) is 3.97. The number of hydrogen-bond donors (Lipinski definition) is 0. The first kappa shape index (κ1) is 13.5. The van der Waals surface area contributed by atoms with Gasteiger partial charge in [0.05, 0.1) is 14.2 Å². The molecule has 0 saturated carbocycles. The monoisotopic (exact) mass is 274 g/mol. The number of benzene rings is 2. The van der Waals surface area contributed by atoms with Crippen LogP contribution in [0.25, 0.3) is 11.1 Å². The fraction of sp³-hybridized carbons (Fsp3) is 0.125. The second-order valence-corrected chi connectivity index (χ2v) is 4.37. The van der Waals surface area contributed by atoms with Gasteiger partial charge in [0.1, 0.15) is 11.5 Å². The molecule has 2 nitrogen and oxygen atoms in total. The summed E-state index contributed by atoms with van der Waals surface area (Å²) in [6.07, 6.45) is 1.88. The van der Waals surface area contributed by atoms with Crippen LogP contribution in [0.15, 0.2) is 48.5 Å². The van der Waals surface area contributed by atoms with Gasteiger partial charge in [-0.2, -0.15) is 0 Å². The summed E-state index contributed by atoms with van der Waals surface area (Å²) in [5.41, 5.74) is 1.89. The molecule has 0 atom stereocenters. The van der Waals surface area contributed by atoms with Gasteiger partial charge in [0, 0.05) is 16.7 Å². The SMILES string of the molecule is COc1ccc(C=C(Cl)c2ccccc2)c(OC)c1. The fourth-order valence-corrected chi connectivity index (χ4v) is 2.00. The molecule has 3 heteroatoms. The number of halogens is 1. The molecule has 2 aromatic carbocycles. The number of ether oxygens (including phenoxy) is 2. The minimum Gasteiger partial charge on any atom is -0.497 e. The molecular formula is C16H15ClO2. The van der Waals surface area contributed by atoms with Crippen molar-refractivity contribution in [3.05, 3.63) is 59.7 Å². The summed E-state index contributed by atoms with van der Waals surface area (Å²) in [7, 11) is 3.25. The Balaban J connectivity index is 2.37. The highest BCUT2D eigenvalue weighted by Gasteiger charge is 2.04. The number of rotatable bonds is 4. The van der Waals surface area contributed by atoms with Gasteiger partial charge in [-0.3, -0.25) is 0 Å². The van der Waals surface area contributed by atoms with Gasteiger partial charge in [-0.25, -0.2) is 0 Å². The maximum Gasteiger partial charge on any atom is 0.129 e. The highest BCUT2D eigenvalue weighted by Crippen LogP contribution is 2.29. The molecule has 0 bridgehead atoms. The highest BCUT2D eigenvalue weighted by atomic mass is 35.5. The Kier molecular flexibility index (Phi) is 4.48. The normalized spacial score (nSPS) is 11.2. The van der Waals surface area contributed by atoms with Crippen molar-refractivity contribution in [3.63, 3.8) is 0 Å². The van der Waals surface area contributed by atoms with Gasteiger partial charge in [-0.05, 0) is 23.8 Å². The molecule has 0 aliphatic heterocycles.